The number of imidazole rings is 1. The molecule has 8 heteroatoms. The highest BCUT2D eigenvalue weighted by atomic mass is 35.5. The van der Waals surface area contributed by atoms with Crippen LogP contribution in [0.25, 0.3) is 0 Å². The number of carbonyl (C=O) groups excluding carboxylic acids is 1. The van der Waals surface area contributed by atoms with Crippen molar-refractivity contribution in [1.29, 1.82) is 0 Å². The summed E-state index contributed by atoms with van der Waals surface area (Å²) in [6, 6.07) is 10.8. The molecule has 4 rings (SSSR count). The number of amides is 1. The number of halogens is 1. The zero-order valence-corrected chi connectivity index (χ0v) is 17.3. The Bertz CT molecular complexity index is 1030. The Balaban J connectivity index is 1.28. The molecule has 2 heterocycles. The first kappa shape index (κ1) is 20.1. The topological polar surface area (TPSA) is 74.6 Å². The first-order valence-corrected chi connectivity index (χ1v) is 10.0. The van der Waals surface area contributed by atoms with E-state index in [1.54, 1.807) is 30.5 Å². The second-order valence-corrected chi connectivity index (χ2v) is 7.28. The molecule has 3 aromatic rings. The van der Waals surface area contributed by atoms with Gasteiger partial charge in [-0.3, -0.25) is 4.79 Å². The summed E-state index contributed by atoms with van der Waals surface area (Å²) in [5.41, 5.74) is 1.54. The lowest BCUT2D eigenvalue weighted by Gasteiger charge is -2.20. The minimum absolute atomic E-state index is 0.144. The molecule has 1 aromatic heterocycles. The third-order valence-corrected chi connectivity index (χ3v) is 5.04. The maximum absolute atomic E-state index is 12.4. The molecule has 0 fully saturated rings. The van der Waals surface area contributed by atoms with Gasteiger partial charge >= 0.3 is 0 Å². The SMILES string of the molecule is Cn1ccnc1COc1ccc(C(=O)NCCc2cc(Cl)c3c(c2)OCCO3)cc1. The van der Waals surface area contributed by atoms with E-state index in [2.05, 4.69) is 10.3 Å². The normalized spacial score (nSPS) is 12.5. The molecule has 1 aliphatic rings. The summed E-state index contributed by atoms with van der Waals surface area (Å²) >= 11 is 6.26. The Morgan fingerprint density at radius 2 is 2.03 bits per heavy atom. The molecule has 1 amide bonds. The predicted molar refractivity (Wildman–Crippen MR) is 112 cm³/mol. The molecular formula is C22H22ClN3O4. The van der Waals surface area contributed by atoms with E-state index in [0.717, 1.165) is 11.4 Å². The van der Waals surface area contributed by atoms with Crippen LogP contribution in [0.3, 0.4) is 0 Å². The molecule has 0 saturated heterocycles. The van der Waals surface area contributed by atoms with Crippen LogP contribution in [0, 0.1) is 0 Å². The number of nitrogens with zero attached hydrogens (tertiary/aromatic N) is 2. The molecular weight excluding hydrogens is 406 g/mol. The smallest absolute Gasteiger partial charge is 0.251 e. The Morgan fingerprint density at radius 1 is 1.23 bits per heavy atom. The average Bonchev–Trinajstić information content (AvgIpc) is 3.17. The molecule has 0 radical (unpaired) electrons. The molecule has 30 heavy (non-hydrogen) atoms. The van der Waals surface area contributed by atoms with Gasteiger partial charge in [-0.1, -0.05) is 11.6 Å². The lowest BCUT2D eigenvalue weighted by atomic mass is 10.1. The summed E-state index contributed by atoms with van der Waals surface area (Å²) in [5.74, 6) is 2.60. The van der Waals surface area contributed by atoms with E-state index in [1.807, 2.05) is 29.9 Å². The van der Waals surface area contributed by atoms with Crippen molar-refractivity contribution in [3.05, 3.63) is 70.8 Å². The second kappa shape index (κ2) is 9.09. The van der Waals surface area contributed by atoms with E-state index in [1.165, 1.54) is 0 Å². The van der Waals surface area contributed by atoms with E-state index in [4.69, 9.17) is 25.8 Å². The summed E-state index contributed by atoms with van der Waals surface area (Å²) in [6.45, 7) is 1.85. The van der Waals surface area contributed by atoms with Gasteiger partial charge in [-0.05, 0) is 48.4 Å². The molecule has 0 unspecified atom stereocenters. The third-order valence-electron chi connectivity index (χ3n) is 4.76. The number of rotatable bonds is 7. The minimum atomic E-state index is -0.144. The van der Waals surface area contributed by atoms with Crippen LogP contribution in [0.4, 0.5) is 0 Å². The summed E-state index contributed by atoms with van der Waals surface area (Å²) in [6.07, 6.45) is 4.23. The zero-order chi connectivity index (χ0) is 20.9. The van der Waals surface area contributed by atoms with Crippen LogP contribution in [0.5, 0.6) is 17.2 Å². The molecule has 2 aromatic carbocycles. The molecule has 1 aliphatic heterocycles. The van der Waals surface area contributed by atoms with E-state index < -0.39 is 0 Å². The van der Waals surface area contributed by atoms with E-state index in [0.29, 0.717) is 60.6 Å². The van der Waals surface area contributed by atoms with Gasteiger partial charge in [0.25, 0.3) is 5.91 Å². The van der Waals surface area contributed by atoms with E-state index in [9.17, 15) is 4.79 Å². The fourth-order valence-electron chi connectivity index (χ4n) is 3.12. The molecule has 0 atom stereocenters. The quantitative estimate of drug-likeness (QED) is 0.625. The highest BCUT2D eigenvalue weighted by molar-refractivity contribution is 6.32. The van der Waals surface area contributed by atoms with Crippen molar-refractivity contribution in [2.45, 2.75) is 13.0 Å². The van der Waals surface area contributed by atoms with Gasteiger partial charge in [0.05, 0.1) is 5.02 Å². The van der Waals surface area contributed by atoms with Gasteiger partial charge in [0.15, 0.2) is 11.5 Å². The fraction of sp³-hybridized carbons (Fsp3) is 0.273. The molecule has 1 N–H and O–H groups in total. The van der Waals surface area contributed by atoms with E-state index >= 15 is 0 Å². The van der Waals surface area contributed by atoms with Crippen molar-refractivity contribution in [2.24, 2.45) is 7.05 Å². The summed E-state index contributed by atoms with van der Waals surface area (Å²) in [5, 5.41) is 3.44. The molecule has 0 saturated carbocycles. The number of hydrogen-bond acceptors (Lipinski definition) is 5. The van der Waals surface area contributed by atoms with Gasteiger partial charge in [0.1, 0.15) is 31.4 Å². The standard InChI is InChI=1S/C22H22ClN3O4/c1-26-9-8-24-20(26)14-30-17-4-2-16(3-5-17)22(27)25-7-6-15-12-18(23)21-19(13-15)28-10-11-29-21/h2-5,8-9,12-13H,6-7,10-11,14H2,1H3,(H,25,27). The summed E-state index contributed by atoms with van der Waals surface area (Å²) in [4.78, 5) is 16.6. The highest BCUT2D eigenvalue weighted by Crippen LogP contribution is 2.38. The molecule has 0 bridgehead atoms. The Hall–Kier alpha value is -3.19. The highest BCUT2D eigenvalue weighted by Gasteiger charge is 2.16. The number of nitrogens with one attached hydrogen (secondary N) is 1. The minimum Gasteiger partial charge on any atom is -0.486 e. The third kappa shape index (κ3) is 4.68. The van der Waals surface area contributed by atoms with Crippen LogP contribution in [0.1, 0.15) is 21.7 Å². The number of hydrogen-bond donors (Lipinski definition) is 1. The lowest BCUT2D eigenvalue weighted by Crippen LogP contribution is -2.25. The van der Waals surface area contributed by atoms with Crippen molar-refractivity contribution < 1.29 is 19.0 Å². The zero-order valence-electron chi connectivity index (χ0n) is 16.6. The van der Waals surface area contributed by atoms with Gasteiger partial charge in [-0.25, -0.2) is 4.98 Å². The monoisotopic (exact) mass is 427 g/mol. The lowest BCUT2D eigenvalue weighted by molar-refractivity contribution is 0.0954. The Morgan fingerprint density at radius 3 is 2.80 bits per heavy atom. The van der Waals surface area contributed by atoms with Gasteiger partial charge in [0, 0.05) is 31.5 Å². The van der Waals surface area contributed by atoms with Crippen molar-refractivity contribution in [2.75, 3.05) is 19.8 Å². The number of aryl methyl sites for hydroxylation is 1. The largest absolute Gasteiger partial charge is 0.486 e. The van der Waals surface area contributed by atoms with Crippen LogP contribution in [0.15, 0.2) is 48.8 Å². The fourth-order valence-corrected chi connectivity index (χ4v) is 3.40. The summed E-state index contributed by atoms with van der Waals surface area (Å²) in [7, 11) is 1.91. The van der Waals surface area contributed by atoms with Gasteiger partial charge < -0.3 is 24.1 Å². The van der Waals surface area contributed by atoms with Crippen LogP contribution in [-0.4, -0.2) is 35.2 Å². The van der Waals surface area contributed by atoms with Gasteiger partial charge in [0.2, 0.25) is 0 Å². The maximum atomic E-state index is 12.4. The van der Waals surface area contributed by atoms with Crippen LogP contribution < -0.4 is 19.5 Å². The van der Waals surface area contributed by atoms with Crippen LogP contribution >= 0.6 is 11.6 Å². The maximum Gasteiger partial charge on any atom is 0.251 e. The first-order valence-electron chi connectivity index (χ1n) is 9.65. The summed E-state index contributed by atoms with van der Waals surface area (Å²) < 4.78 is 18.7. The Labute approximate surface area is 179 Å². The number of ether oxygens (including phenoxy) is 3. The van der Waals surface area contributed by atoms with E-state index in [-0.39, 0.29) is 5.91 Å². The van der Waals surface area contributed by atoms with Gasteiger partial charge in [-0.15, -0.1) is 0 Å². The van der Waals surface area contributed by atoms with Crippen molar-refractivity contribution >= 4 is 17.5 Å². The molecule has 0 aliphatic carbocycles. The van der Waals surface area contributed by atoms with Crippen molar-refractivity contribution in [3.63, 3.8) is 0 Å². The number of benzene rings is 2. The second-order valence-electron chi connectivity index (χ2n) is 6.88. The predicted octanol–water partition coefficient (Wildman–Crippen LogP) is 3.40. The van der Waals surface area contributed by atoms with Crippen molar-refractivity contribution in [1.82, 2.24) is 14.9 Å². The number of aromatic nitrogens is 2. The number of carbonyl (C=O) groups is 1. The molecule has 0 spiro atoms. The van der Waals surface area contributed by atoms with Crippen molar-refractivity contribution in [3.8, 4) is 17.2 Å². The number of fused-ring (bicyclic) bond motifs is 1. The molecule has 7 nitrogen and oxygen atoms in total. The Kier molecular flexibility index (Phi) is 6.09. The average molecular weight is 428 g/mol. The molecule has 156 valence electrons. The van der Waals surface area contributed by atoms with Crippen LogP contribution in [0.2, 0.25) is 5.02 Å². The first-order chi connectivity index (χ1) is 14.6. The van der Waals surface area contributed by atoms with Gasteiger partial charge in [-0.2, -0.15) is 0 Å². The van der Waals surface area contributed by atoms with Crippen LogP contribution in [-0.2, 0) is 20.1 Å².